The van der Waals surface area contributed by atoms with Gasteiger partial charge in [0.15, 0.2) is 0 Å². The van der Waals surface area contributed by atoms with Gasteiger partial charge in [-0.25, -0.2) is 0 Å². The van der Waals surface area contributed by atoms with Gasteiger partial charge >= 0.3 is 0 Å². The lowest BCUT2D eigenvalue weighted by atomic mass is 9.95. The van der Waals surface area contributed by atoms with Crippen molar-refractivity contribution in [2.75, 3.05) is 13.1 Å². The predicted octanol–water partition coefficient (Wildman–Crippen LogP) is 3.51. The Labute approximate surface area is 151 Å². The molecule has 1 aliphatic rings. The van der Waals surface area contributed by atoms with E-state index in [1.807, 2.05) is 47.4 Å². The number of hydrogen-bond donors (Lipinski definition) is 0. The minimum atomic E-state index is -0.229. The molecule has 134 valence electrons. The van der Waals surface area contributed by atoms with Crippen LogP contribution in [0.15, 0.2) is 57.6 Å². The number of amides is 1. The van der Waals surface area contributed by atoms with Gasteiger partial charge in [0.05, 0.1) is 12.2 Å². The van der Waals surface area contributed by atoms with Crippen molar-refractivity contribution in [3.8, 4) is 0 Å². The van der Waals surface area contributed by atoms with Gasteiger partial charge in [0, 0.05) is 32.4 Å². The van der Waals surface area contributed by atoms with Gasteiger partial charge in [0.2, 0.25) is 17.7 Å². The molecule has 0 N–H and O–H groups in total. The standard InChI is InChI=1S/C20H21N3O3/c1-14-21-22-20(26-14)17(15-6-3-2-4-7-15)12-19(24)23-10-9-16(13-23)18-8-5-11-25-18/h2-8,11,16-17H,9-10,12-13H2,1H3. The molecular formula is C20H21N3O3. The molecule has 0 radical (unpaired) electrons. The van der Waals surface area contributed by atoms with Gasteiger partial charge in [-0.1, -0.05) is 30.3 Å². The summed E-state index contributed by atoms with van der Waals surface area (Å²) >= 11 is 0. The van der Waals surface area contributed by atoms with Crippen molar-refractivity contribution in [3.63, 3.8) is 0 Å². The summed E-state index contributed by atoms with van der Waals surface area (Å²) in [7, 11) is 0. The molecule has 26 heavy (non-hydrogen) atoms. The highest BCUT2D eigenvalue weighted by atomic mass is 16.4. The summed E-state index contributed by atoms with van der Waals surface area (Å²) in [6, 6.07) is 13.7. The molecule has 2 unspecified atom stereocenters. The minimum absolute atomic E-state index is 0.101. The summed E-state index contributed by atoms with van der Waals surface area (Å²) in [6.07, 6.45) is 2.93. The summed E-state index contributed by atoms with van der Waals surface area (Å²) in [5, 5.41) is 8.09. The van der Waals surface area contributed by atoms with Crippen LogP contribution in [0.1, 0.15) is 47.8 Å². The van der Waals surface area contributed by atoms with Crippen LogP contribution in [0.4, 0.5) is 0 Å². The van der Waals surface area contributed by atoms with Crippen molar-refractivity contribution in [1.29, 1.82) is 0 Å². The van der Waals surface area contributed by atoms with E-state index in [0.717, 1.165) is 24.3 Å². The summed E-state index contributed by atoms with van der Waals surface area (Å²) in [5.74, 6) is 2.09. The highest BCUT2D eigenvalue weighted by Gasteiger charge is 2.32. The lowest BCUT2D eigenvalue weighted by Crippen LogP contribution is -2.30. The van der Waals surface area contributed by atoms with Gasteiger partial charge in [-0.05, 0) is 24.1 Å². The van der Waals surface area contributed by atoms with Gasteiger partial charge in [-0.3, -0.25) is 4.79 Å². The molecule has 3 aromatic rings. The molecule has 4 rings (SSSR count). The zero-order valence-electron chi connectivity index (χ0n) is 14.7. The number of furan rings is 1. The fraction of sp³-hybridized carbons (Fsp3) is 0.350. The smallest absolute Gasteiger partial charge is 0.224 e. The molecule has 6 nitrogen and oxygen atoms in total. The van der Waals surface area contributed by atoms with Gasteiger partial charge in [0.1, 0.15) is 5.76 Å². The van der Waals surface area contributed by atoms with E-state index in [0.29, 0.717) is 24.7 Å². The Hall–Kier alpha value is -2.89. The van der Waals surface area contributed by atoms with Crippen molar-refractivity contribution in [3.05, 3.63) is 71.8 Å². The Balaban J connectivity index is 1.50. The van der Waals surface area contributed by atoms with E-state index >= 15 is 0 Å². The average molecular weight is 351 g/mol. The molecule has 1 fully saturated rings. The number of aryl methyl sites for hydroxylation is 1. The molecule has 0 saturated carbocycles. The van der Waals surface area contributed by atoms with Gasteiger partial charge < -0.3 is 13.7 Å². The van der Waals surface area contributed by atoms with Crippen molar-refractivity contribution in [2.24, 2.45) is 0 Å². The Kier molecular flexibility index (Phi) is 4.56. The molecular weight excluding hydrogens is 330 g/mol. The fourth-order valence-electron chi connectivity index (χ4n) is 3.53. The van der Waals surface area contributed by atoms with Crippen LogP contribution >= 0.6 is 0 Å². The normalized spacial score (nSPS) is 18.2. The average Bonchev–Trinajstić information content (AvgIpc) is 3.41. The number of carbonyl (C=O) groups is 1. The molecule has 1 amide bonds. The van der Waals surface area contributed by atoms with Crippen LogP contribution in [0.3, 0.4) is 0 Å². The largest absolute Gasteiger partial charge is 0.469 e. The number of hydrogen-bond acceptors (Lipinski definition) is 5. The first-order chi connectivity index (χ1) is 12.7. The lowest BCUT2D eigenvalue weighted by molar-refractivity contribution is -0.130. The fourth-order valence-corrected chi connectivity index (χ4v) is 3.53. The monoisotopic (exact) mass is 351 g/mol. The quantitative estimate of drug-likeness (QED) is 0.703. The predicted molar refractivity (Wildman–Crippen MR) is 94.6 cm³/mol. The van der Waals surface area contributed by atoms with E-state index in [9.17, 15) is 4.79 Å². The van der Waals surface area contributed by atoms with Crippen molar-refractivity contribution < 1.29 is 13.6 Å². The van der Waals surface area contributed by atoms with Crippen molar-refractivity contribution >= 4 is 5.91 Å². The van der Waals surface area contributed by atoms with E-state index < -0.39 is 0 Å². The number of carbonyl (C=O) groups excluding carboxylic acids is 1. The first-order valence-corrected chi connectivity index (χ1v) is 8.87. The molecule has 2 atom stereocenters. The zero-order chi connectivity index (χ0) is 17.9. The van der Waals surface area contributed by atoms with Crippen LogP contribution in [-0.4, -0.2) is 34.1 Å². The maximum Gasteiger partial charge on any atom is 0.224 e. The zero-order valence-corrected chi connectivity index (χ0v) is 14.7. The van der Waals surface area contributed by atoms with Crippen LogP contribution in [0.2, 0.25) is 0 Å². The topological polar surface area (TPSA) is 72.4 Å². The summed E-state index contributed by atoms with van der Waals surface area (Å²) in [6.45, 7) is 3.19. The third-order valence-corrected chi connectivity index (χ3v) is 4.91. The Bertz CT molecular complexity index is 858. The highest BCUT2D eigenvalue weighted by Crippen LogP contribution is 2.31. The van der Waals surface area contributed by atoms with Crippen LogP contribution in [0.5, 0.6) is 0 Å². The van der Waals surface area contributed by atoms with Crippen LogP contribution in [0.25, 0.3) is 0 Å². The Morgan fingerprint density at radius 1 is 1.23 bits per heavy atom. The molecule has 0 spiro atoms. The number of aromatic nitrogens is 2. The van der Waals surface area contributed by atoms with Crippen molar-refractivity contribution in [2.45, 2.75) is 31.6 Å². The molecule has 1 aliphatic heterocycles. The maximum absolute atomic E-state index is 12.9. The molecule has 2 aromatic heterocycles. The third-order valence-electron chi connectivity index (χ3n) is 4.91. The number of likely N-dealkylation sites (tertiary alicyclic amines) is 1. The molecule has 1 saturated heterocycles. The Morgan fingerprint density at radius 3 is 2.77 bits per heavy atom. The second-order valence-corrected chi connectivity index (χ2v) is 6.67. The molecule has 0 bridgehead atoms. The highest BCUT2D eigenvalue weighted by molar-refractivity contribution is 5.78. The lowest BCUT2D eigenvalue weighted by Gasteiger charge is -2.20. The number of rotatable bonds is 5. The number of benzene rings is 1. The Morgan fingerprint density at radius 2 is 2.08 bits per heavy atom. The molecule has 6 heteroatoms. The second kappa shape index (κ2) is 7.15. The maximum atomic E-state index is 12.9. The summed E-state index contributed by atoms with van der Waals surface area (Å²) < 4.78 is 11.1. The van der Waals surface area contributed by atoms with E-state index in [1.165, 1.54) is 0 Å². The summed E-state index contributed by atoms with van der Waals surface area (Å²) in [4.78, 5) is 14.8. The first kappa shape index (κ1) is 16.6. The van der Waals surface area contributed by atoms with Gasteiger partial charge in [-0.2, -0.15) is 0 Å². The van der Waals surface area contributed by atoms with E-state index in [2.05, 4.69) is 10.2 Å². The minimum Gasteiger partial charge on any atom is -0.469 e. The van der Waals surface area contributed by atoms with E-state index in [-0.39, 0.29) is 17.7 Å². The summed E-state index contributed by atoms with van der Waals surface area (Å²) in [5.41, 5.74) is 1.01. The SMILES string of the molecule is Cc1nnc(C(CC(=O)N2CCC(c3ccco3)C2)c2ccccc2)o1. The molecule has 0 aliphatic carbocycles. The van der Waals surface area contributed by atoms with Crippen LogP contribution < -0.4 is 0 Å². The van der Waals surface area contributed by atoms with Crippen molar-refractivity contribution in [1.82, 2.24) is 15.1 Å². The second-order valence-electron chi connectivity index (χ2n) is 6.67. The van der Waals surface area contributed by atoms with E-state index in [1.54, 1.807) is 13.2 Å². The molecule has 3 heterocycles. The molecule has 1 aromatic carbocycles. The number of nitrogens with zero attached hydrogens (tertiary/aromatic N) is 3. The van der Waals surface area contributed by atoms with Gasteiger partial charge in [0.25, 0.3) is 0 Å². The third kappa shape index (κ3) is 3.40. The van der Waals surface area contributed by atoms with Crippen LogP contribution in [-0.2, 0) is 4.79 Å². The van der Waals surface area contributed by atoms with E-state index in [4.69, 9.17) is 8.83 Å². The van der Waals surface area contributed by atoms with Gasteiger partial charge in [-0.15, -0.1) is 10.2 Å². The first-order valence-electron chi connectivity index (χ1n) is 8.87. The van der Waals surface area contributed by atoms with Crippen LogP contribution in [0, 0.1) is 6.92 Å².